The Hall–Kier alpha value is -0.420. The van der Waals surface area contributed by atoms with Gasteiger partial charge in [0.2, 0.25) is 0 Å². The normalized spacial score (nSPS) is 9.54. The molecule has 2 heterocycles. The van der Waals surface area contributed by atoms with E-state index in [-0.39, 0.29) is 35.3 Å². The second kappa shape index (κ2) is 4.19. The average molecular weight is 201 g/mol. The molecule has 2 rings (SSSR count). The van der Waals surface area contributed by atoms with Crippen molar-refractivity contribution in [2.45, 2.75) is 0 Å². The number of hydrogen-bond acceptors (Lipinski definition) is 4. The first-order valence-corrected chi connectivity index (χ1v) is 4.20. The van der Waals surface area contributed by atoms with Crippen LogP contribution >= 0.6 is 11.3 Å². The number of carbonyl (C=O) groups excluding carboxylic acids is 1. The molecule has 0 bridgehead atoms. The third-order valence-electron chi connectivity index (χ3n) is 1.57. The van der Waals surface area contributed by atoms with Gasteiger partial charge in [-0.1, -0.05) is 0 Å². The number of carbonyl (C=O) groups is 1. The molecule has 13 heavy (non-hydrogen) atoms. The molecule has 3 nitrogen and oxygen atoms in total. The van der Waals surface area contributed by atoms with E-state index in [1.807, 2.05) is 5.38 Å². The molecule has 0 atom stereocenters. The van der Waals surface area contributed by atoms with Crippen molar-refractivity contribution < 1.29 is 39.5 Å². The number of hydrogen-bond donors (Lipinski definition) is 0. The van der Waals surface area contributed by atoms with Crippen LogP contribution in [0.5, 0.6) is 0 Å². The summed E-state index contributed by atoms with van der Waals surface area (Å²) in [5, 5.41) is 13.0. The average Bonchev–Trinajstić information content (AvgIpc) is 2.49. The number of carboxylic acids is 1. The van der Waals surface area contributed by atoms with Crippen molar-refractivity contribution in [1.82, 2.24) is 4.98 Å². The van der Waals surface area contributed by atoms with E-state index in [1.165, 1.54) is 17.5 Å². The largest absolute Gasteiger partial charge is 1.00 e. The molecule has 0 aliphatic heterocycles. The Morgan fingerprint density at radius 3 is 2.92 bits per heavy atom. The molecule has 0 amide bonds. The third kappa shape index (κ3) is 1.91. The summed E-state index contributed by atoms with van der Waals surface area (Å²) >= 11 is 1.49. The monoisotopic (exact) mass is 201 g/mol. The summed E-state index contributed by atoms with van der Waals surface area (Å²) in [6.07, 6.45) is 1.48. The summed E-state index contributed by atoms with van der Waals surface area (Å²) in [5.74, 6) is -1.22. The summed E-state index contributed by atoms with van der Waals surface area (Å²) in [7, 11) is 0. The summed E-state index contributed by atoms with van der Waals surface area (Å²) in [4.78, 5) is 14.3. The van der Waals surface area contributed by atoms with Gasteiger partial charge in [-0.2, -0.15) is 0 Å². The smallest absolute Gasteiger partial charge is 0.543 e. The molecule has 0 spiro atoms. The van der Waals surface area contributed by atoms with E-state index in [4.69, 9.17) is 0 Å². The Morgan fingerprint density at radius 2 is 2.23 bits per heavy atom. The second-order valence-electron chi connectivity index (χ2n) is 2.28. The van der Waals surface area contributed by atoms with Crippen LogP contribution in [-0.4, -0.2) is 11.0 Å². The van der Waals surface area contributed by atoms with E-state index in [0.717, 1.165) is 4.70 Å². The first-order chi connectivity index (χ1) is 5.79. The van der Waals surface area contributed by atoms with E-state index in [0.29, 0.717) is 5.39 Å². The number of fused-ring (bicyclic) bond motifs is 1. The quantitative estimate of drug-likeness (QED) is 0.486. The number of thiophene rings is 1. The third-order valence-corrected chi connectivity index (χ3v) is 2.46. The number of carboxylic acid groups (broad SMARTS) is 1. The summed E-state index contributed by atoms with van der Waals surface area (Å²) in [6.45, 7) is 0. The Bertz CT molecular complexity index is 440. The summed E-state index contributed by atoms with van der Waals surface area (Å²) < 4.78 is 0.921. The second-order valence-corrected chi connectivity index (χ2v) is 3.23. The number of nitrogens with zero attached hydrogens (tertiary/aromatic N) is 1. The molecule has 0 aliphatic rings. The Kier molecular flexibility index (Phi) is 3.44. The van der Waals surface area contributed by atoms with Gasteiger partial charge < -0.3 is 9.90 Å². The molecule has 0 saturated heterocycles. The van der Waals surface area contributed by atoms with Crippen LogP contribution in [0.4, 0.5) is 0 Å². The molecule has 0 radical (unpaired) electrons. The summed E-state index contributed by atoms with van der Waals surface area (Å²) in [5.41, 5.74) is 0.0220. The van der Waals surface area contributed by atoms with Crippen LogP contribution in [0.1, 0.15) is 10.5 Å². The van der Waals surface area contributed by atoms with Crippen molar-refractivity contribution in [2.75, 3.05) is 0 Å². The minimum absolute atomic E-state index is 0. The van der Waals surface area contributed by atoms with E-state index >= 15 is 0 Å². The molecule has 60 valence electrons. The van der Waals surface area contributed by atoms with Gasteiger partial charge in [0, 0.05) is 16.3 Å². The molecule has 2 aromatic rings. The molecule has 0 unspecified atom stereocenters. The number of pyridine rings is 1. The van der Waals surface area contributed by atoms with Crippen LogP contribution in [0.2, 0.25) is 0 Å². The van der Waals surface area contributed by atoms with E-state index in [1.54, 1.807) is 12.1 Å². The zero-order valence-corrected chi connectivity index (χ0v) is 9.80. The predicted octanol–water partition coefficient (Wildman–Crippen LogP) is -2.34. The van der Waals surface area contributed by atoms with Crippen LogP contribution in [-0.2, 0) is 0 Å². The van der Waals surface area contributed by atoms with E-state index < -0.39 is 5.97 Å². The van der Waals surface area contributed by atoms with Crippen LogP contribution in [0.15, 0.2) is 23.7 Å². The van der Waals surface area contributed by atoms with Gasteiger partial charge in [-0.25, -0.2) is 0 Å². The fourth-order valence-electron chi connectivity index (χ4n) is 1.06. The molecule has 0 saturated carbocycles. The number of aromatic nitrogens is 1. The zero-order valence-electron chi connectivity index (χ0n) is 6.98. The minimum Gasteiger partial charge on any atom is -0.543 e. The van der Waals surface area contributed by atoms with Gasteiger partial charge in [0.05, 0.1) is 11.7 Å². The van der Waals surface area contributed by atoms with Crippen molar-refractivity contribution in [1.29, 1.82) is 0 Å². The van der Waals surface area contributed by atoms with Gasteiger partial charge in [0.25, 0.3) is 0 Å². The summed E-state index contributed by atoms with van der Waals surface area (Å²) in [6, 6.07) is 3.52. The van der Waals surface area contributed by atoms with Crippen molar-refractivity contribution >= 4 is 27.4 Å². The van der Waals surface area contributed by atoms with Gasteiger partial charge in [0.15, 0.2) is 0 Å². The minimum atomic E-state index is -1.22. The zero-order chi connectivity index (χ0) is 8.55. The van der Waals surface area contributed by atoms with Crippen molar-refractivity contribution in [3.8, 4) is 0 Å². The van der Waals surface area contributed by atoms with Gasteiger partial charge in [-0.15, -0.1) is 11.3 Å². The maximum atomic E-state index is 10.5. The molecule has 0 N–H and O–H groups in total. The Morgan fingerprint density at radius 1 is 1.46 bits per heavy atom. The fourth-order valence-corrected chi connectivity index (χ4v) is 1.84. The van der Waals surface area contributed by atoms with Crippen molar-refractivity contribution in [2.24, 2.45) is 0 Å². The van der Waals surface area contributed by atoms with Gasteiger partial charge in [0.1, 0.15) is 0 Å². The van der Waals surface area contributed by atoms with Crippen LogP contribution in [0.3, 0.4) is 0 Å². The first kappa shape index (κ1) is 10.7. The standard InChI is InChI=1S/C8H5NO2S.Na/c10-8(11)7-5-2-4-12-6(5)1-3-9-7;/h1-4H,(H,10,11);/q;+1/p-1. The Labute approximate surface area is 101 Å². The molecule has 0 fully saturated rings. The molecule has 0 aliphatic carbocycles. The maximum absolute atomic E-state index is 10.5. The molecular weight excluding hydrogens is 197 g/mol. The van der Waals surface area contributed by atoms with E-state index in [9.17, 15) is 9.90 Å². The van der Waals surface area contributed by atoms with Gasteiger partial charge >= 0.3 is 29.6 Å². The molecule has 5 heteroatoms. The molecular formula is C8H4NNaO2S. The van der Waals surface area contributed by atoms with Gasteiger partial charge in [-0.3, -0.25) is 4.98 Å². The van der Waals surface area contributed by atoms with Gasteiger partial charge in [-0.05, 0) is 17.5 Å². The van der Waals surface area contributed by atoms with Crippen LogP contribution in [0.25, 0.3) is 10.1 Å². The number of aromatic carboxylic acids is 1. The fraction of sp³-hybridized carbons (Fsp3) is 0. The SMILES string of the molecule is O=C([O-])c1nccc2sccc12.[Na+]. The topological polar surface area (TPSA) is 53.0 Å². The van der Waals surface area contributed by atoms with Crippen LogP contribution < -0.4 is 34.7 Å². The van der Waals surface area contributed by atoms with Crippen molar-refractivity contribution in [3.05, 3.63) is 29.4 Å². The van der Waals surface area contributed by atoms with E-state index in [2.05, 4.69) is 4.98 Å². The first-order valence-electron chi connectivity index (χ1n) is 3.32. The van der Waals surface area contributed by atoms with Crippen LogP contribution in [0, 0.1) is 0 Å². The Balaban J connectivity index is 0.000000845. The maximum Gasteiger partial charge on any atom is 1.00 e. The number of rotatable bonds is 1. The van der Waals surface area contributed by atoms with Crippen molar-refractivity contribution in [3.63, 3.8) is 0 Å². The predicted molar refractivity (Wildman–Crippen MR) is 44.0 cm³/mol. The molecule has 2 aromatic heterocycles. The molecule has 0 aromatic carbocycles.